The monoisotopic (exact) mass is 449 g/mol. The third-order valence-electron chi connectivity index (χ3n) is 6.94. The van der Waals surface area contributed by atoms with E-state index in [0.717, 1.165) is 23.7 Å². The Kier molecular flexibility index (Phi) is 4.56. The van der Waals surface area contributed by atoms with Crippen LogP contribution in [0.3, 0.4) is 0 Å². The van der Waals surface area contributed by atoms with Crippen molar-refractivity contribution in [3.63, 3.8) is 0 Å². The Morgan fingerprint density at radius 1 is 1.18 bits per heavy atom. The van der Waals surface area contributed by atoms with Gasteiger partial charge in [-0.05, 0) is 23.9 Å². The van der Waals surface area contributed by atoms with E-state index in [1.165, 1.54) is 12.4 Å². The molecule has 2 atom stereocenters. The lowest BCUT2D eigenvalue weighted by atomic mass is 9.96. The van der Waals surface area contributed by atoms with Gasteiger partial charge < -0.3 is 9.80 Å². The number of nitrogens with zero attached hydrogens (tertiary/aromatic N) is 5. The average molecular weight is 449 g/mol. The molecule has 7 heteroatoms. The molecule has 0 aliphatic carbocycles. The first-order valence-corrected chi connectivity index (χ1v) is 11.1. The molecule has 6 rings (SSSR count). The number of halogens is 1. The van der Waals surface area contributed by atoms with Crippen molar-refractivity contribution in [2.75, 3.05) is 18.0 Å². The van der Waals surface area contributed by atoms with Gasteiger partial charge in [0, 0.05) is 35.8 Å². The second-order valence-electron chi connectivity index (χ2n) is 8.55. The number of rotatable bonds is 3. The van der Waals surface area contributed by atoms with Gasteiger partial charge in [-0.2, -0.15) is 0 Å². The average Bonchev–Trinajstić information content (AvgIpc) is 3.18. The van der Waals surface area contributed by atoms with E-state index in [1.54, 1.807) is 6.20 Å². The molecule has 6 nitrogen and oxygen atoms in total. The van der Waals surface area contributed by atoms with Crippen LogP contribution < -0.4 is 4.90 Å². The molecule has 2 aromatic heterocycles. The second-order valence-corrected chi connectivity index (χ2v) is 8.55. The molecule has 34 heavy (non-hydrogen) atoms. The number of likely N-dealkylation sites (tertiary alicyclic amines) is 1. The van der Waals surface area contributed by atoms with E-state index < -0.39 is 5.82 Å². The zero-order valence-electron chi connectivity index (χ0n) is 18.3. The predicted octanol–water partition coefficient (Wildman–Crippen LogP) is 3.94. The summed E-state index contributed by atoms with van der Waals surface area (Å²) in [5, 5.41) is 2.26. The van der Waals surface area contributed by atoms with Crippen molar-refractivity contribution in [1.29, 1.82) is 0 Å². The highest BCUT2D eigenvalue weighted by molar-refractivity contribution is 6.02. The van der Waals surface area contributed by atoms with Crippen molar-refractivity contribution in [3.05, 3.63) is 73.0 Å². The highest BCUT2D eigenvalue weighted by atomic mass is 19.1. The van der Waals surface area contributed by atoms with Gasteiger partial charge in [0.15, 0.2) is 5.82 Å². The fourth-order valence-electron chi connectivity index (χ4n) is 5.31. The van der Waals surface area contributed by atoms with Crippen LogP contribution in [-0.4, -0.2) is 50.9 Å². The van der Waals surface area contributed by atoms with Crippen LogP contribution in [-0.2, 0) is 4.79 Å². The quantitative estimate of drug-likeness (QED) is 0.350. The van der Waals surface area contributed by atoms with E-state index >= 15 is 4.39 Å². The van der Waals surface area contributed by atoms with E-state index in [1.807, 2.05) is 41.3 Å². The van der Waals surface area contributed by atoms with E-state index in [2.05, 4.69) is 32.4 Å². The van der Waals surface area contributed by atoms with Gasteiger partial charge >= 0.3 is 0 Å². The maximum absolute atomic E-state index is 15.9. The van der Waals surface area contributed by atoms with Gasteiger partial charge in [-0.1, -0.05) is 42.8 Å². The first kappa shape index (κ1) is 20.3. The van der Waals surface area contributed by atoms with Gasteiger partial charge in [0.1, 0.15) is 23.4 Å². The molecule has 2 aromatic carbocycles. The SMILES string of the molecule is C#Cc1cccc2cccc(-c3ncc4c(N5CC[C@@H]6[C@H]5CN6C(=O)C=C)ncnc4c3F)c12. The summed E-state index contributed by atoms with van der Waals surface area (Å²) in [4.78, 5) is 29.3. The van der Waals surface area contributed by atoms with E-state index in [0.29, 0.717) is 28.9 Å². The minimum absolute atomic E-state index is 0.0607. The van der Waals surface area contributed by atoms with Crippen molar-refractivity contribution >= 4 is 33.4 Å². The number of benzene rings is 2. The number of carbonyl (C=O) groups is 1. The number of fused-ring (bicyclic) bond motifs is 3. The van der Waals surface area contributed by atoms with Crippen molar-refractivity contribution in [2.45, 2.75) is 18.5 Å². The number of aromatic nitrogens is 3. The number of hydrogen-bond donors (Lipinski definition) is 0. The summed E-state index contributed by atoms with van der Waals surface area (Å²) in [6.07, 6.45) is 10.9. The van der Waals surface area contributed by atoms with Crippen LogP contribution in [0.2, 0.25) is 0 Å². The largest absolute Gasteiger partial charge is 0.349 e. The van der Waals surface area contributed by atoms with Crippen LogP contribution in [0.5, 0.6) is 0 Å². The highest BCUT2D eigenvalue weighted by Crippen LogP contribution is 2.39. The third-order valence-corrected chi connectivity index (χ3v) is 6.94. The van der Waals surface area contributed by atoms with Gasteiger partial charge in [0.25, 0.3) is 0 Å². The van der Waals surface area contributed by atoms with Gasteiger partial charge in [0.2, 0.25) is 5.91 Å². The molecule has 2 fully saturated rings. The number of terminal acetylenes is 1. The van der Waals surface area contributed by atoms with Crippen molar-refractivity contribution in [3.8, 4) is 23.6 Å². The summed E-state index contributed by atoms with van der Waals surface area (Å²) >= 11 is 0. The molecule has 0 bridgehead atoms. The lowest BCUT2D eigenvalue weighted by Crippen LogP contribution is -2.63. The fourth-order valence-corrected chi connectivity index (χ4v) is 5.31. The van der Waals surface area contributed by atoms with E-state index in [-0.39, 0.29) is 29.2 Å². The molecule has 4 heterocycles. The Labute approximate surface area is 195 Å². The molecular formula is C27H20FN5O. The smallest absolute Gasteiger partial charge is 0.246 e. The Morgan fingerprint density at radius 2 is 2.00 bits per heavy atom. The lowest BCUT2D eigenvalue weighted by Gasteiger charge is -2.46. The van der Waals surface area contributed by atoms with Gasteiger partial charge in [-0.25, -0.2) is 14.4 Å². The van der Waals surface area contributed by atoms with E-state index in [9.17, 15) is 4.79 Å². The Bertz CT molecular complexity index is 1540. The summed E-state index contributed by atoms with van der Waals surface area (Å²) in [5.74, 6) is 2.77. The summed E-state index contributed by atoms with van der Waals surface area (Å²) in [5.41, 5.74) is 1.73. The topological polar surface area (TPSA) is 62.2 Å². The minimum Gasteiger partial charge on any atom is -0.349 e. The molecule has 2 aliphatic heterocycles. The van der Waals surface area contributed by atoms with Crippen LogP contribution in [0.15, 0.2) is 61.6 Å². The Balaban J connectivity index is 1.45. The summed E-state index contributed by atoms with van der Waals surface area (Å²) in [6.45, 7) is 4.90. The van der Waals surface area contributed by atoms with Crippen molar-refractivity contribution < 1.29 is 9.18 Å². The molecule has 0 N–H and O–H groups in total. The summed E-state index contributed by atoms with van der Waals surface area (Å²) in [7, 11) is 0. The second kappa shape index (κ2) is 7.63. The van der Waals surface area contributed by atoms with Crippen LogP contribution in [0.4, 0.5) is 10.2 Å². The molecule has 4 aromatic rings. The predicted molar refractivity (Wildman–Crippen MR) is 130 cm³/mol. The van der Waals surface area contributed by atoms with Crippen molar-refractivity contribution in [1.82, 2.24) is 19.9 Å². The normalized spacial score (nSPS) is 19.1. The maximum atomic E-state index is 15.9. The summed E-state index contributed by atoms with van der Waals surface area (Å²) < 4.78 is 15.9. The molecule has 166 valence electrons. The molecule has 0 spiro atoms. The number of carbonyl (C=O) groups excluding carboxylic acids is 1. The Hall–Kier alpha value is -4.31. The number of pyridine rings is 1. The molecular weight excluding hydrogens is 429 g/mol. The number of hydrogen-bond acceptors (Lipinski definition) is 5. The number of amides is 1. The molecule has 0 radical (unpaired) electrons. The van der Waals surface area contributed by atoms with Crippen molar-refractivity contribution in [2.24, 2.45) is 0 Å². The molecule has 1 amide bonds. The third kappa shape index (κ3) is 2.82. The van der Waals surface area contributed by atoms with Crippen LogP contribution in [0, 0.1) is 18.2 Å². The number of anilines is 1. The van der Waals surface area contributed by atoms with Gasteiger partial charge in [-0.3, -0.25) is 9.78 Å². The molecule has 2 aliphatic rings. The molecule has 0 unspecified atom stereocenters. The fraction of sp³-hybridized carbons (Fsp3) is 0.185. The molecule has 2 saturated heterocycles. The summed E-state index contributed by atoms with van der Waals surface area (Å²) in [6, 6.07) is 11.6. The minimum atomic E-state index is -0.506. The lowest BCUT2D eigenvalue weighted by molar-refractivity contribution is -0.133. The van der Waals surface area contributed by atoms with Crippen LogP contribution >= 0.6 is 0 Å². The zero-order valence-corrected chi connectivity index (χ0v) is 18.3. The Morgan fingerprint density at radius 3 is 2.79 bits per heavy atom. The maximum Gasteiger partial charge on any atom is 0.246 e. The van der Waals surface area contributed by atoms with Crippen LogP contribution in [0.1, 0.15) is 12.0 Å². The van der Waals surface area contributed by atoms with Gasteiger partial charge in [-0.15, -0.1) is 6.42 Å². The first-order valence-electron chi connectivity index (χ1n) is 11.1. The molecule has 0 saturated carbocycles. The van der Waals surface area contributed by atoms with Crippen LogP contribution in [0.25, 0.3) is 32.9 Å². The van der Waals surface area contributed by atoms with Gasteiger partial charge in [0.05, 0.1) is 17.5 Å². The zero-order chi connectivity index (χ0) is 23.4. The highest BCUT2D eigenvalue weighted by Gasteiger charge is 2.49. The first-order chi connectivity index (χ1) is 16.6. The van der Waals surface area contributed by atoms with E-state index in [4.69, 9.17) is 6.42 Å². The standard InChI is InChI=1S/C27H20FN5O/c1-3-16-7-5-8-17-9-6-10-18(23(16)17)25-24(28)26-19(13-29-25)27(31-15-30-26)32-12-11-20-21(32)14-33(20)22(34)4-2/h1,4-10,13,15,20-21H,2,11-12,14H2/t20-,21-/m1/s1.